The third-order valence-corrected chi connectivity index (χ3v) is 3.37. The van der Waals surface area contributed by atoms with Crippen LogP contribution in [0.25, 0.3) is 0 Å². The van der Waals surface area contributed by atoms with Crippen LogP contribution in [-0.2, 0) is 4.79 Å². The highest BCUT2D eigenvalue weighted by molar-refractivity contribution is 5.83. The SMILES string of the molecule is Cc1ccc(C(N)C(=O)N2CCCCC2)cc1. The zero-order valence-corrected chi connectivity index (χ0v) is 10.4. The third-order valence-electron chi connectivity index (χ3n) is 3.37. The summed E-state index contributed by atoms with van der Waals surface area (Å²) in [6.45, 7) is 3.75. The molecular formula is C14H20N2O. The predicted molar refractivity (Wildman–Crippen MR) is 68.5 cm³/mol. The van der Waals surface area contributed by atoms with Crippen LogP contribution in [0.2, 0.25) is 0 Å². The van der Waals surface area contributed by atoms with E-state index >= 15 is 0 Å². The molecule has 1 aromatic carbocycles. The first-order valence-corrected chi connectivity index (χ1v) is 6.29. The summed E-state index contributed by atoms with van der Waals surface area (Å²) < 4.78 is 0. The van der Waals surface area contributed by atoms with Crippen LogP contribution in [0.15, 0.2) is 24.3 Å². The van der Waals surface area contributed by atoms with Crippen LogP contribution in [0.5, 0.6) is 0 Å². The number of carbonyl (C=O) groups is 1. The molecule has 17 heavy (non-hydrogen) atoms. The topological polar surface area (TPSA) is 46.3 Å². The quantitative estimate of drug-likeness (QED) is 0.847. The number of nitrogens with zero attached hydrogens (tertiary/aromatic N) is 1. The van der Waals surface area contributed by atoms with Crippen molar-refractivity contribution < 1.29 is 4.79 Å². The van der Waals surface area contributed by atoms with Crippen LogP contribution in [0, 0.1) is 6.92 Å². The molecule has 1 saturated heterocycles. The molecule has 3 heteroatoms. The standard InChI is InChI=1S/C14H20N2O/c1-11-5-7-12(8-6-11)13(15)14(17)16-9-3-2-4-10-16/h5-8,13H,2-4,9-10,15H2,1H3. The molecule has 1 aromatic rings. The minimum atomic E-state index is -0.506. The largest absolute Gasteiger partial charge is 0.341 e. The number of hydrogen-bond donors (Lipinski definition) is 1. The molecule has 2 N–H and O–H groups in total. The summed E-state index contributed by atoms with van der Waals surface area (Å²) in [5, 5.41) is 0. The highest BCUT2D eigenvalue weighted by Crippen LogP contribution is 2.17. The highest BCUT2D eigenvalue weighted by Gasteiger charge is 2.23. The Morgan fingerprint density at radius 1 is 1.18 bits per heavy atom. The van der Waals surface area contributed by atoms with Gasteiger partial charge in [-0.1, -0.05) is 29.8 Å². The Morgan fingerprint density at radius 2 is 1.76 bits per heavy atom. The van der Waals surface area contributed by atoms with Crippen molar-refractivity contribution in [3.63, 3.8) is 0 Å². The van der Waals surface area contributed by atoms with E-state index in [1.165, 1.54) is 12.0 Å². The number of nitrogens with two attached hydrogens (primary N) is 1. The normalized spacial score (nSPS) is 17.9. The summed E-state index contributed by atoms with van der Waals surface area (Å²) in [7, 11) is 0. The van der Waals surface area contributed by atoms with Crippen molar-refractivity contribution in [1.82, 2.24) is 4.90 Å². The molecule has 1 unspecified atom stereocenters. The molecule has 0 bridgehead atoms. The zero-order valence-electron chi connectivity index (χ0n) is 10.4. The van der Waals surface area contributed by atoms with Crippen molar-refractivity contribution in [3.05, 3.63) is 35.4 Å². The first-order valence-electron chi connectivity index (χ1n) is 6.29. The van der Waals surface area contributed by atoms with Gasteiger partial charge >= 0.3 is 0 Å². The van der Waals surface area contributed by atoms with Crippen LogP contribution in [0.4, 0.5) is 0 Å². The maximum absolute atomic E-state index is 12.2. The van der Waals surface area contributed by atoms with E-state index in [9.17, 15) is 4.79 Å². The van der Waals surface area contributed by atoms with Gasteiger partial charge in [-0.05, 0) is 31.7 Å². The minimum Gasteiger partial charge on any atom is -0.341 e. The summed E-state index contributed by atoms with van der Waals surface area (Å²) in [5.41, 5.74) is 8.12. The molecule has 0 saturated carbocycles. The molecule has 2 rings (SSSR count). The molecule has 0 aliphatic carbocycles. The van der Waals surface area contributed by atoms with Gasteiger partial charge in [0, 0.05) is 13.1 Å². The fourth-order valence-electron chi connectivity index (χ4n) is 2.23. The number of piperidine rings is 1. The number of amides is 1. The molecule has 1 amide bonds. The Kier molecular flexibility index (Phi) is 3.79. The lowest BCUT2D eigenvalue weighted by Gasteiger charge is -2.29. The highest BCUT2D eigenvalue weighted by atomic mass is 16.2. The van der Waals surface area contributed by atoms with E-state index < -0.39 is 6.04 Å². The average Bonchev–Trinajstić information content (AvgIpc) is 2.39. The lowest BCUT2D eigenvalue weighted by molar-refractivity contribution is -0.133. The van der Waals surface area contributed by atoms with Crippen molar-refractivity contribution in [2.75, 3.05) is 13.1 Å². The maximum atomic E-state index is 12.2. The Labute approximate surface area is 103 Å². The van der Waals surface area contributed by atoms with Gasteiger partial charge in [-0.25, -0.2) is 0 Å². The molecule has 0 radical (unpaired) electrons. The summed E-state index contributed by atoms with van der Waals surface area (Å²) in [4.78, 5) is 14.1. The molecule has 1 heterocycles. The van der Waals surface area contributed by atoms with Gasteiger partial charge in [0.05, 0.1) is 0 Å². The van der Waals surface area contributed by atoms with Crippen LogP contribution in [-0.4, -0.2) is 23.9 Å². The van der Waals surface area contributed by atoms with Crippen LogP contribution in [0.3, 0.4) is 0 Å². The first kappa shape index (κ1) is 12.1. The molecule has 3 nitrogen and oxygen atoms in total. The number of rotatable bonds is 2. The Hall–Kier alpha value is -1.35. The summed E-state index contributed by atoms with van der Waals surface area (Å²) in [6.07, 6.45) is 3.43. The van der Waals surface area contributed by atoms with Crippen molar-refractivity contribution in [3.8, 4) is 0 Å². The van der Waals surface area contributed by atoms with Crippen molar-refractivity contribution in [2.45, 2.75) is 32.2 Å². The second-order valence-electron chi connectivity index (χ2n) is 4.77. The van der Waals surface area contributed by atoms with Crippen molar-refractivity contribution in [1.29, 1.82) is 0 Å². The van der Waals surface area contributed by atoms with E-state index in [-0.39, 0.29) is 5.91 Å². The molecule has 92 valence electrons. The third kappa shape index (κ3) is 2.86. The molecule has 1 atom stereocenters. The van der Waals surface area contributed by atoms with Gasteiger partial charge in [0.1, 0.15) is 6.04 Å². The van der Waals surface area contributed by atoms with E-state index in [0.29, 0.717) is 0 Å². The summed E-state index contributed by atoms with van der Waals surface area (Å²) in [5.74, 6) is 0.0635. The van der Waals surface area contributed by atoms with Crippen LogP contribution >= 0.6 is 0 Å². The van der Waals surface area contributed by atoms with Crippen molar-refractivity contribution >= 4 is 5.91 Å². The van der Waals surface area contributed by atoms with E-state index in [1.54, 1.807) is 0 Å². The molecule has 0 aromatic heterocycles. The van der Waals surface area contributed by atoms with Gasteiger partial charge in [-0.15, -0.1) is 0 Å². The smallest absolute Gasteiger partial charge is 0.244 e. The van der Waals surface area contributed by atoms with Crippen LogP contribution in [0.1, 0.15) is 36.4 Å². The molecule has 0 spiro atoms. The van der Waals surface area contributed by atoms with Gasteiger partial charge in [-0.3, -0.25) is 4.79 Å². The van der Waals surface area contributed by atoms with E-state index in [2.05, 4.69) is 0 Å². The molecular weight excluding hydrogens is 212 g/mol. The van der Waals surface area contributed by atoms with Crippen molar-refractivity contribution in [2.24, 2.45) is 5.73 Å². The molecule has 1 aliphatic rings. The number of hydrogen-bond acceptors (Lipinski definition) is 2. The number of aryl methyl sites for hydroxylation is 1. The lowest BCUT2D eigenvalue weighted by atomic mass is 10.0. The second-order valence-corrected chi connectivity index (χ2v) is 4.77. The van der Waals surface area contributed by atoms with E-state index in [4.69, 9.17) is 5.73 Å². The van der Waals surface area contributed by atoms with Crippen LogP contribution < -0.4 is 5.73 Å². The molecule has 1 aliphatic heterocycles. The minimum absolute atomic E-state index is 0.0635. The molecule has 1 fully saturated rings. The van der Waals surface area contributed by atoms with Gasteiger partial charge in [-0.2, -0.15) is 0 Å². The first-order chi connectivity index (χ1) is 8.18. The number of likely N-dealkylation sites (tertiary alicyclic amines) is 1. The fraction of sp³-hybridized carbons (Fsp3) is 0.500. The maximum Gasteiger partial charge on any atom is 0.244 e. The monoisotopic (exact) mass is 232 g/mol. The van der Waals surface area contributed by atoms with E-state index in [1.807, 2.05) is 36.1 Å². The van der Waals surface area contributed by atoms with Gasteiger partial charge in [0.25, 0.3) is 0 Å². The number of carbonyl (C=O) groups excluding carboxylic acids is 1. The zero-order chi connectivity index (χ0) is 12.3. The van der Waals surface area contributed by atoms with E-state index in [0.717, 1.165) is 31.5 Å². The predicted octanol–water partition coefficient (Wildman–Crippen LogP) is 2.01. The van der Waals surface area contributed by atoms with Gasteiger partial charge in [0.15, 0.2) is 0 Å². The second kappa shape index (κ2) is 5.32. The Balaban J connectivity index is 2.05. The lowest BCUT2D eigenvalue weighted by Crippen LogP contribution is -2.41. The van der Waals surface area contributed by atoms with Gasteiger partial charge < -0.3 is 10.6 Å². The Bertz CT molecular complexity index is 380. The fourth-order valence-corrected chi connectivity index (χ4v) is 2.23. The van der Waals surface area contributed by atoms with Gasteiger partial charge in [0.2, 0.25) is 5.91 Å². The summed E-state index contributed by atoms with van der Waals surface area (Å²) in [6, 6.07) is 7.38. The summed E-state index contributed by atoms with van der Waals surface area (Å²) >= 11 is 0. The number of benzene rings is 1. The average molecular weight is 232 g/mol. The Morgan fingerprint density at radius 3 is 2.35 bits per heavy atom.